The van der Waals surface area contributed by atoms with Gasteiger partial charge in [-0.15, -0.1) is 0 Å². The zero-order valence-electron chi connectivity index (χ0n) is 12.9. The molecule has 0 amide bonds. The summed E-state index contributed by atoms with van der Waals surface area (Å²) in [5.41, 5.74) is 7.66. The van der Waals surface area contributed by atoms with E-state index in [1.807, 2.05) is 13.0 Å². The average molecular weight is 278 g/mol. The Kier molecular flexibility index (Phi) is 5.03. The normalized spacial score (nSPS) is 21.9. The molecule has 0 radical (unpaired) electrons. The van der Waals surface area contributed by atoms with Crippen LogP contribution in [0.25, 0.3) is 0 Å². The lowest BCUT2D eigenvalue weighted by atomic mass is 9.89. The molecule has 1 aliphatic heterocycles. The zero-order chi connectivity index (χ0) is 14.7. The second-order valence-corrected chi connectivity index (χ2v) is 6.39. The summed E-state index contributed by atoms with van der Waals surface area (Å²) in [4.78, 5) is 2.20. The van der Waals surface area contributed by atoms with Crippen molar-refractivity contribution in [2.24, 2.45) is 17.6 Å². The quantitative estimate of drug-likeness (QED) is 0.901. The van der Waals surface area contributed by atoms with Crippen molar-refractivity contribution in [1.29, 1.82) is 0 Å². The molecule has 2 nitrogen and oxygen atoms in total. The Morgan fingerprint density at radius 1 is 1.20 bits per heavy atom. The summed E-state index contributed by atoms with van der Waals surface area (Å²) in [5, 5.41) is 0. The summed E-state index contributed by atoms with van der Waals surface area (Å²) < 4.78 is 14.3. The topological polar surface area (TPSA) is 29.3 Å². The summed E-state index contributed by atoms with van der Waals surface area (Å²) in [7, 11) is 0. The summed E-state index contributed by atoms with van der Waals surface area (Å²) in [6.07, 6.45) is 3.52. The molecule has 1 aliphatic rings. The first-order valence-corrected chi connectivity index (χ1v) is 7.79. The molecule has 1 aromatic carbocycles. The average Bonchev–Trinajstić information content (AvgIpc) is 2.64. The van der Waals surface area contributed by atoms with Crippen LogP contribution in [-0.4, -0.2) is 13.1 Å². The van der Waals surface area contributed by atoms with E-state index in [4.69, 9.17) is 5.73 Å². The van der Waals surface area contributed by atoms with Crippen LogP contribution in [0.15, 0.2) is 18.2 Å². The molecule has 1 saturated heterocycles. The van der Waals surface area contributed by atoms with Crippen molar-refractivity contribution >= 4 is 5.69 Å². The first kappa shape index (κ1) is 15.3. The highest BCUT2D eigenvalue weighted by Crippen LogP contribution is 2.32. The number of benzene rings is 1. The molecule has 2 N–H and O–H groups in total. The molecule has 1 heterocycles. The first-order chi connectivity index (χ1) is 9.50. The molecule has 2 rings (SSSR count). The fourth-order valence-corrected chi connectivity index (χ4v) is 3.25. The lowest BCUT2D eigenvalue weighted by molar-refractivity contribution is 0.351. The molecule has 0 aliphatic carbocycles. The van der Waals surface area contributed by atoms with Gasteiger partial charge in [-0.05, 0) is 49.7 Å². The SMILES string of the molecule is CC(C)C1CCCN(c2c(F)cccc2[C@H](C)N)CC1. The largest absolute Gasteiger partial charge is 0.369 e. The molecule has 20 heavy (non-hydrogen) atoms. The fourth-order valence-electron chi connectivity index (χ4n) is 3.25. The van der Waals surface area contributed by atoms with E-state index in [-0.39, 0.29) is 11.9 Å². The van der Waals surface area contributed by atoms with Gasteiger partial charge in [-0.25, -0.2) is 4.39 Å². The Labute approximate surface area is 122 Å². The van der Waals surface area contributed by atoms with Crippen LogP contribution >= 0.6 is 0 Å². The van der Waals surface area contributed by atoms with Gasteiger partial charge in [0.2, 0.25) is 0 Å². The molecule has 1 fully saturated rings. The van der Waals surface area contributed by atoms with E-state index in [1.165, 1.54) is 6.42 Å². The number of anilines is 1. The van der Waals surface area contributed by atoms with E-state index in [9.17, 15) is 4.39 Å². The predicted molar refractivity (Wildman–Crippen MR) is 83.4 cm³/mol. The molecular formula is C17H27FN2. The number of hydrogen-bond donors (Lipinski definition) is 1. The smallest absolute Gasteiger partial charge is 0.146 e. The maximum Gasteiger partial charge on any atom is 0.146 e. The number of rotatable bonds is 3. The van der Waals surface area contributed by atoms with Crippen molar-refractivity contribution in [3.63, 3.8) is 0 Å². The van der Waals surface area contributed by atoms with Crippen LogP contribution in [0, 0.1) is 17.7 Å². The molecule has 1 unspecified atom stereocenters. The van der Waals surface area contributed by atoms with Gasteiger partial charge in [0.15, 0.2) is 0 Å². The van der Waals surface area contributed by atoms with Gasteiger partial charge < -0.3 is 10.6 Å². The van der Waals surface area contributed by atoms with Gasteiger partial charge in [0.1, 0.15) is 5.82 Å². The van der Waals surface area contributed by atoms with E-state index in [0.717, 1.165) is 43.1 Å². The van der Waals surface area contributed by atoms with Gasteiger partial charge in [-0.2, -0.15) is 0 Å². The van der Waals surface area contributed by atoms with Crippen molar-refractivity contribution in [3.8, 4) is 0 Å². The summed E-state index contributed by atoms with van der Waals surface area (Å²) in [5.74, 6) is 1.33. The van der Waals surface area contributed by atoms with Crippen LogP contribution in [0.2, 0.25) is 0 Å². The molecule has 0 spiro atoms. The van der Waals surface area contributed by atoms with E-state index in [2.05, 4.69) is 18.7 Å². The maximum absolute atomic E-state index is 14.3. The van der Waals surface area contributed by atoms with Crippen molar-refractivity contribution in [1.82, 2.24) is 0 Å². The molecule has 0 aromatic heterocycles. The van der Waals surface area contributed by atoms with E-state index in [1.54, 1.807) is 12.1 Å². The van der Waals surface area contributed by atoms with E-state index in [0.29, 0.717) is 5.92 Å². The van der Waals surface area contributed by atoms with Crippen molar-refractivity contribution in [2.45, 2.75) is 46.1 Å². The minimum Gasteiger partial charge on any atom is -0.369 e. The Hall–Kier alpha value is -1.09. The van der Waals surface area contributed by atoms with Crippen LogP contribution in [0.5, 0.6) is 0 Å². The Morgan fingerprint density at radius 3 is 2.60 bits per heavy atom. The van der Waals surface area contributed by atoms with Gasteiger partial charge in [0, 0.05) is 19.1 Å². The standard InChI is InChI=1S/C17H27FN2/c1-12(2)14-6-5-10-20(11-9-14)17-15(13(3)19)7-4-8-16(17)18/h4,7-8,12-14H,5-6,9-11,19H2,1-3H3/t13-,14?/m0/s1. The molecule has 112 valence electrons. The van der Waals surface area contributed by atoms with Crippen LogP contribution in [0.1, 0.15) is 51.6 Å². The second-order valence-electron chi connectivity index (χ2n) is 6.39. The van der Waals surface area contributed by atoms with Gasteiger partial charge in [0.05, 0.1) is 5.69 Å². The molecule has 0 bridgehead atoms. The van der Waals surface area contributed by atoms with E-state index < -0.39 is 0 Å². The summed E-state index contributed by atoms with van der Waals surface area (Å²) >= 11 is 0. The minimum absolute atomic E-state index is 0.134. The lowest BCUT2D eigenvalue weighted by Crippen LogP contribution is -2.28. The van der Waals surface area contributed by atoms with Crippen LogP contribution in [-0.2, 0) is 0 Å². The maximum atomic E-state index is 14.3. The monoisotopic (exact) mass is 278 g/mol. The minimum atomic E-state index is -0.136. The molecule has 3 heteroatoms. The van der Waals surface area contributed by atoms with Gasteiger partial charge in [-0.3, -0.25) is 0 Å². The number of hydrogen-bond acceptors (Lipinski definition) is 2. The van der Waals surface area contributed by atoms with Crippen molar-refractivity contribution in [3.05, 3.63) is 29.6 Å². The molecular weight excluding hydrogens is 251 g/mol. The first-order valence-electron chi connectivity index (χ1n) is 7.79. The Balaban J connectivity index is 2.23. The van der Waals surface area contributed by atoms with Crippen LogP contribution < -0.4 is 10.6 Å². The summed E-state index contributed by atoms with van der Waals surface area (Å²) in [6, 6.07) is 5.12. The van der Waals surface area contributed by atoms with E-state index >= 15 is 0 Å². The van der Waals surface area contributed by atoms with Gasteiger partial charge in [-0.1, -0.05) is 26.0 Å². The van der Waals surface area contributed by atoms with Crippen molar-refractivity contribution in [2.75, 3.05) is 18.0 Å². The number of halogens is 1. The number of nitrogens with zero attached hydrogens (tertiary/aromatic N) is 1. The predicted octanol–water partition coefficient (Wildman–Crippen LogP) is 4.11. The Morgan fingerprint density at radius 2 is 1.95 bits per heavy atom. The highest BCUT2D eigenvalue weighted by atomic mass is 19.1. The third kappa shape index (κ3) is 3.32. The third-order valence-electron chi connectivity index (χ3n) is 4.54. The highest BCUT2D eigenvalue weighted by molar-refractivity contribution is 5.56. The molecule has 2 atom stereocenters. The highest BCUT2D eigenvalue weighted by Gasteiger charge is 2.23. The van der Waals surface area contributed by atoms with Crippen LogP contribution in [0.3, 0.4) is 0 Å². The van der Waals surface area contributed by atoms with Crippen LogP contribution in [0.4, 0.5) is 10.1 Å². The lowest BCUT2D eigenvalue weighted by Gasteiger charge is -2.27. The third-order valence-corrected chi connectivity index (χ3v) is 4.54. The molecule has 0 saturated carbocycles. The van der Waals surface area contributed by atoms with Gasteiger partial charge >= 0.3 is 0 Å². The second kappa shape index (κ2) is 6.57. The fraction of sp³-hybridized carbons (Fsp3) is 0.647. The van der Waals surface area contributed by atoms with Gasteiger partial charge in [0.25, 0.3) is 0 Å². The summed E-state index contributed by atoms with van der Waals surface area (Å²) in [6.45, 7) is 8.37. The van der Waals surface area contributed by atoms with Crippen molar-refractivity contribution < 1.29 is 4.39 Å². The number of nitrogens with two attached hydrogens (primary N) is 1. The number of para-hydroxylation sites is 1. The Bertz CT molecular complexity index is 443. The zero-order valence-corrected chi connectivity index (χ0v) is 12.9. The molecule has 1 aromatic rings.